The fourth-order valence-corrected chi connectivity index (χ4v) is 6.19. The number of benzene rings is 3. The molecule has 3 unspecified atom stereocenters. The van der Waals surface area contributed by atoms with Gasteiger partial charge in [0, 0.05) is 14.2 Å². The smallest absolute Gasteiger partial charge is 0.0713 e. The number of aliphatic hydroxyl groups is 1. The Morgan fingerprint density at radius 2 is 1.00 bits per heavy atom. The molecule has 0 spiro atoms. The molecule has 0 bridgehead atoms. The van der Waals surface area contributed by atoms with Gasteiger partial charge in [0.05, 0.1) is 19.8 Å². The lowest BCUT2D eigenvalue weighted by Gasteiger charge is -2.34. The normalized spacial score (nSPS) is 14.4. The molecule has 3 atom stereocenters. The molecule has 3 nitrogen and oxygen atoms in total. The quantitative estimate of drug-likeness (QED) is 0.174. The summed E-state index contributed by atoms with van der Waals surface area (Å²) in [6.45, 7) is 17.1. The number of hydrogen-bond donors (Lipinski definition) is 1. The maximum absolute atomic E-state index is 9.73. The van der Waals surface area contributed by atoms with Crippen molar-refractivity contribution in [1.29, 1.82) is 0 Å². The van der Waals surface area contributed by atoms with Crippen molar-refractivity contribution in [2.45, 2.75) is 97.9 Å². The lowest BCUT2D eigenvalue weighted by molar-refractivity contribution is 0.185. The first-order chi connectivity index (χ1) is 20.0. The van der Waals surface area contributed by atoms with Crippen LogP contribution in [-0.4, -0.2) is 19.3 Å². The lowest BCUT2D eigenvalue weighted by Crippen LogP contribution is -2.19. The van der Waals surface area contributed by atoms with E-state index in [4.69, 9.17) is 9.47 Å². The molecule has 0 aliphatic heterocycles. The van der Waals surface area contributed by atoms with Crippen molar-refractivity contribution in [2.75, 3.05) is 14.2 Å². The monoisotopic (exact) mass is 570 g/mol. The van der Waals surface area contributed by atoms with E-state index in [-0.39, 0.29) is 17.4 Å². The Labute approximate surface area is 256 Å². The minimum absolute atomic E-state index is 0.0170. The maximum Gasteiger partial charge on any atom is 0.0713 e. The summed E-state index contributed by atoms with van der Waals surface area (Å²) in [6, 6.07) is 26.7. The van der Waals surface area contributed by atoms with Gasteiger partial charge < -0.3 is 14.6 Å². The van der Waals surface area contributed by atoms with Crippen molar-refractivity contribution in [3.05, 3.63) is 119 Å². The van der Waals surface area contributed by atoms with Crippen LogP contribution in [0.2, 0.25) is 0 Å². The summed E-state index contributed by atoms with van der Waals surface area (Å²) < 4.78 is 10.7. The van der Waals surface area contributed by atoms with Gasteiger partial charge in [-0.3, -0.25) is 0 Å². The van der Waals surface area contributed by atoms with Gasteiger partial charge in [0.1, 0.15) is 0 Å². The molecular weight excluding hydrogens is 516 g/mol. The molecule has 1 N–H and O–H groups in total. The van der Waals surface area contributed by atoms with Gasteiger partial charge in [0.2, 0.25) is 0 Å². The van der Waals surface area contributed by atoms with Crippen molar-refractivity contribution >= 4 is 0 Å². The molecule has 228 valence electrons. The van der Waals surface area contributed by atoms with E-state index in [1.807, 2.05) is 0 Å². The van der Waals surface area contributed by atoms with Gasteiger partial charge in [-0.25, -0.2) is 0 Å². The Morgan fingerprint density at radius 1 is 0.619 bits per heavy atom. The van der Waals surface area contributed by atoms with E-state index >= 15 is 0 Å². The van der Waals surface area contributed by atoms with E-state index in [0.29, 0.717) is 31.0 Å². The summed E-state index contributed by atoms with van der Waals surface area (Å²) in [5.74, 6) is 1.14. The van der Waals surface area contributed by atoms with Crippen LogP contribution in [0.25, 0.3) is 0 Å². The predicted molar refractivity (Wildman–Crippen MR) is 177 cm³/mol. The largest absolute Gasteiger partial charge is 0.392 e. The van der Waals surface area contributed by atoms with E-state index in [0.717, 1.165) is 31.2 Å². The molecule has 0 aliphatic carbocycles. The Hall–Kier alpha value is -2.72. The van der Waals surface area contributed by atoms with E-state index in [9.17, 15) is 5.11 Å². The number of allylic oxidation sites excluding steroid dienone is 1. The van der Waals surface area contributed by atoms with Crippen LogP contribution in [0.5, 0.6) is 0 Å². The van der Waals surface area contributed by atoms with Gasteiger partial charge in [-0.1, -0.05) is 113 Å². The zero-order chi connectivity index (χ0) is 30.8. The predicted octanol–water partition coefficient (Wildman–Crippen LogP) is 9.94. The van der Waals surface area contributed by atoms with Gasteiger partial charge in [-0.15, -0.1) is 6.58 Å². The molecular formula is C39H54O3. The van der Waals surface area contributed by atoms with Gasteiger partial charge in [0.15, 0.2) is 0 Å². The van der Waals surface area contributed by atoms with Gasteiger partial charge >= 0.3 is 0 Å². The third-order valence-electron chi connectivity index (χ3n) is 8.48. The summed E-state index contributed by atoms with van der Waals surface area (Å²) in [4.78, 5) is 0. The first-order valence-electron chi connectivity index (χ1n) is 15.5. The van der Waals surface area contributed by atoms with Gasteiger partial charge in [-0.05, 0) is 87.6 Å². The summed E-state index contributed by atoms with van der Waals surface area (Å²) in [5, 5.41) is 9.73. The second-order valence-electron chi connectivity index (χ2n) is 14.0. The molecule has 0 amide bonds. The minimum atomic E-state index is 0.0170. The van der Waals surface area contributed by atoms with Crippen molar-refractivity contribution in [1.82, 2.24) is 0 Å². The second-order valence-corrected chi connectivity index (χ2v) is 14.0. The SMILES string of the molecule is C=CC(C)(C)CC(CC(CC(CC(C)(C)C)c1ccc(COC)cc1)c1ccc(CO)cc1)c1ccc(COC)cc1. The van der Waals surface area contributed by atoms with E-state index in [1.165, 1.54) is 27.8 Å². The van der Waals surface area contributed by atoms with Crippen LogP contribution in [0.3, 0.4) is 0 Å². The molecule has 0 saturated heterocycles. The summed E-state index contributed by atoms with van der Waals surface area (Å²) in [6.07, 6.45) is 6.35. The first-order valence-corrected chi connectivity index (χ1v) is 15.5. The Morgan fingerprint density at radius 3 is 1.36 bits per heavy atom. The van der Waals surface area contributed by atoms with Crippen LogP contribution in [-0.2, 0) is 29.3 Å². The third kappa shape index (κ3) is 10.5. The molecule has 42 heavy (non-hydrogen) atoms. The Kier molecular flexibility index (Phi) is 12.6. The number of ether oxygens (including phenoxy) is 2. The number of hydrogen-bond acceptors (Lipinski definition) is 3. The molecule has 3 aromatic carbocycles. The van der Waals surface area contributed by atoms with E-state index < -0.39 is 0 Å². The van der Waals surface area contributed by atoms with Crippen LogP contribution < -0.4 is 0 Å². The van der Waals surface area contributed by atoms with Gasteiger partial charge in [0.25, 0.3) is 0 Å². The molecule has 0 saturated carbocycles. The van der Waals surface area contributed by atoms with Crippen LogP contribution in [0, 0.1) is 10.8 Å². The topological polar surface area (TPSA) is 38.7 Å². The average Bonchev–Trinajstić information content (AvgIpc) is 2.96. The summed E-state index contributed by atoms with van der Waals surface area (Å²) >= 11 is 0. The van der Waals surface area contributed by atoms with Crippen LogP contribution in [0.1, 0.15) is 111 Å². The zero-order valence-electron chi connectivity index (χ0n) is 27.2. The standard InChI is InChI=1S/C39H54O3/c1-9-39(5,6)25-37(34-20-14-31(15-21-34)28-42-8)23-35(32-16-10-29(26-40)11-17-32)22-36(24-38(2,3)4)33-18-12-30(13-19-33)27-41-7/h9-21,35-37,40H,1,22-28H2,2-8H3. The zero-order valence-corrected chi connectivity index (χ0v) is 27.2. The number of aliphatic hydroxyl groups excluding tert-OH is 1. The van der Waals surface area contributed by atoms with Crippen molar-refractivity contribution in [3.8, 4) is 0 Å². The van der Waals surface area contributed by atoms with E-state index in [2.05, 4.69) is 120 Å². The highest BCUT2D eigenvalue weighted by atomic mass is 16.5. The molecule has 0 fully saturated rings. The molecule has 3 heteroatoms. The number of methoxy groups -OCH3 is 2. The lowest BCUT2D eigenvalue weighted by atomic mass is 9.71. The molecule has 0 heterocycles. The molecule has 0 radical (unpaired) electrons. The van der Waals surface area contributed by atoms with Crippen LogP contribution in [0.15, 0.2) is 85.5 Å². The third-order valence-corrected chi connectivity index (χ3v) is 8.48. The fraction of sp³-hybridized carbons (Fsp3) is 0.487. The molecule has 0 aliphatic rings. The first kappa shape index (κ1) is 33.8. The summed E-state index contributed by atoms with van der Waals surface area (Å²) in [7, 11) is 3.49. The van der Waals surface area contributed by atoms with Crippen molar-refractivity contribution in [3.63, 3.8) is 0 Å². The van der Waals surface area contributed by atoms with Crippen LogP contribution in [0.4, 0.5) is 0 Å². The highest BCUT2D eigenvalue weighted by molar-refractivity contribution is 5.31. The van der Waals surface area contributed by atoms with Crippen molar-refractivity contribution < 1.29 is 14.6 Å². The highest BCUT2D eigenvalue weighted by Gasteiger charge is 2.29. The van der Waals surface area contributed by atoms with Gasteiger partial charge in [-0.2, -0.15) is 0 Å². The Bertz CT molecular complexity index is 1200. The molecule has 0 aromatic heterocycles. The average molecular weight is 571 g/mol. The van der Waals surface area contributed by atoms with Crippen molar-refractivity contribution in [2.24, 2.45) is 10.8 Å². The Balaban J connectivity index is 2.04. The second kappa shape index (κ2) is 15.7. The molecule has 3 aromatic rings. The van der Waals surface area contributed by atoms with Crippen LogP contribution >= 0.6 is 0 Å². The highest BCUT2D eigenvalue weighted by Crippen LogP contribution is 2.45. The minimum Gasteiger partial charge on any atom is -0.392 e. The maximum atomic E-state index is 9.73. The van der Waals surface area contributed by atoms with E-state index in [1.54, 1.807) is 14.2 Å². The fourth-order valence-electron chi connectivity index (χ4n) is 6.19. The molecule has 3 rings (SSSR count). The number of rotatable bonds is 16. The summed E-state index contributed by atoms with van der Waals surface area (Å²) in [5.41, 5.74) is 7.68.